The molecule has 0 heterocycles. The van der Waals surface area contributed by atoms with Crippen LogP contribution < -0.4 is 0 Å². The lowest BCUT2D eigenvalue weighted by molar-refractivity contribution is -0.167. The normalized spacial score (nSPS) is 12.7. The van der Waals surface area contributed by atoms with E-state index in [-0.39, 0.29) is 31.1 Å². The van der Waals surface area contributed by atoms with E-state index in [1.807, 2.05) is 0 Å². The average molecular weight is 1000 g/mol. The number of esters is 3. The van der Waals surface area contributed by atoms with Crippen LogP contribution in [0.4, 0.5) is 0 Å². The maximum absolute atomic E-state index is 12.9. The van der Waals surface area contributed by atoms with Gasteiger partial charge in [0.1, 0.15) is 13.2 Å². The number of carbonyl (C=O) groups is 3. The number of unbranched alkanes of at least 4 members (excludes halogenated alkanes) is 30. The van der Waals surface area contributed by atoms with Crippen LogP contribution in [0.15, 0.2) is 85.1 Å². The summed E-state index contributed by atoms with van der Waals surface area (Å²) in [5.41, 5.74) is 0. The van der Waals surface area contributed by atoms with Crippen LogP contribution >= 0.6 is 0 Å². The Balaban J connectivity index is 4.42. The van der Waals surface area contributed by atoms with Gasteiger partial charge in [0.2, 0.25) is 0 Å². The second-order valence-corrected chi connectivity index (χ2v) is 20.2. The lowest BCUT2D eigenvalue weighted by atomic mass is 10.0. The summed E-state index contributed by atoms with van der Waals surface area (Å²) in [4.78, 5) is 38.3. The van der Waals surface area contributed by atoms with Crippen LogP contribution in [0.3, 0.4) is 0 Å². The summed E-state index contributed by atoms with van der Waals surface area (Å²) in [6.07, 6.45) is 78.6. The number of hydrogen-bond acceptors (Lipinski definition) is 6. The minimum atomic E-state index is -0.789. The molecule has 0 aromatic carbocycles. The molecule has 0 bridgehead atoms. The van der Waals surface area contributed by atoms with E-state index in [2.05, 4.69) is 106 Å². The first kappa shape index (κ1) is 68.6. The summed E-state index contributed by atoms with van der Waals surface area (Å²) in [6.45, 7) is 6.51. The highest BCUT2D eigenvalue weighted by Gasteiger charge is 2.19. The largest absolute Gasteiger partial charge is 0.462 e. The number of hydrogen-bond donors (Lipinski definition) is 0. The van der Waals surface area contributed by atoms with Crippen LogP contribution in [0.1, 0.15) is 297 Å². The van der Waals surface area contributed by atoms with E-state index in [1.165, 1.54) is 135 Å². The van der Waals surface area contributed by atoms with E-state index in [0.29, 0.717) is 19.3 Å². The van der Waals surface area contributed by atoms with Crippen molar-refractivity contribution in [2.75, 3.05) is 13.2 Å². The van der Waals surface area contributed by atoms with Crippen LogP contribution in [0.2, 0.25) is 0 Å². The van der Waals surface area contributed by atoms with Crippen molar-refractivity contribution in [3.05, 3.63) is 85.1 Å². The minimum Gasteiger partial charge on any atom is -0.462 e. The molecule has 72 heavy (non-hydrogen) atoms. The van der Waals surface area contributed by atoms with Gasteiger partial charge in [0.25, 0.3) is 0 Å². The molecule has 0 aliphatic carbocycles. The summed E-state index contributed by atoms with van der Waals surface area (Å²) in [6, 6.07) is 0. The predicted molar refractivity (Wildman–Crippen MR) is 311 cm³/mol. The SMILES string of the molecule is CC/C=C\C/C=C\C/C=C\C/C=C\C/C=C\CCCCCCCC(=O)OCC(COC(=O)CCCCCCCCCCCCCCCCCC)OC(=O)CCCCCCCCC/C=C\C/C=C\CCCCC. The minimum absolute atomic E-state index is 0.0838. The van der Waals surface area contributed by atoms with Crippen molar-refractivity contribution in [2.24, 2.45) is 0 Å². The van der Waals surface area contributed by atoms with Gasteiger partial charge in [0, 0.05) is 19.3 Å². The molecule has 0 spiro atoms. The molecular weight excluding hydrogens is 889 g/mol. The van der Waals surface area contributed by atoms with Gasteiger partial charge in [-0.3, -0.25) is 14.4 Å². The van der Waals surface area contributed by atoms with E-state index in [4.69, 9.17) is 14.2 Å². The van der Waals surface area contributed by atoms with Crippen LogP contribution in [-0.4, -0.2) is 37.2 Å². The Morgan fingerprint density at radius 2 is 0.542 bits per heavy atom. The Morgan fingerprint density at radius 3 is 0.875 bits per heavy atom. The quantitative estimate of drug-likeness (QED) is 0.0261. The molecule has 0 aromatic rings. The standard InChI is InChI=1S/C66H114O6/c1-4-7-10-13-16-19-22-25-28-31-32-33-34-36-38-41-44-47-50-53-56-59-65(68)71-62-63(61-70-64(67)58-55-52-49-46-43-40-37-30-27-24-21-18-15-12-9-6-3)72-66(69)60-57-54-51-48-45-42-39-35-29-26-23-20-17-14-11-8-5-2/h7,10,16-17,19-20,25-26,28-29,32-33,36,38,63H,4-6,8-9,11-15,18,21-24,27,30-31,34-35,37,39-62H2,1-3H3/b10-7-,19-16-,20-17-,28-25-,29-26-,33-32-,38-36-. The second-order valence-electron chi connectivity index (χ2n) is 20.2. The van der Waals surface area contributed by atoms with Gasteiger partial charge >= 0.3 is 17.9 Å². The van der Waals surface area contributed by atoms with Gasteiger partial charge in [-0.25, -0.2) is 0 Å². The number of allylic oxidation sites excluding steroid dienone is 14. The van der Waals surface area contributed by atoms with Crippen molar-refractivity contribution in [3.63, 3.8) is 0 Å². The molecule has 1 unspecified atom stereocenters. The van der Waals surface area contributed by atoms with Crippen LogP contribution in [0, 0.1) is 0 Å². The highest BCUT2D eigenvalue weighted by Crippen LogP contribution is 2.16. The molecule has 0 fully saturated rings. The monoisotopic (exact) mass is 1000 g/mol. The predicted octanol–water partition coefficient (Wildman–Crippen LogP) is 20.7. The highest BCUT2D eigenvalue weighted by molar-refractivity contribution is 5.71. The lowest BCUT2D eigenvalue weighted by Gasteiger charge is -2.18. The number of carbonyl (C=O) groups excluding carboxylic acids is 3. The molecule has 414 valence electrons. The first-order valence-corrected chi connectivity index (χ1v) is 30.6. The van der Waals surface area contributed by atoms with Gasteiger partial charge in [-0.15, -0.1) is 0 Å². The van der Waals surface area contributed by atoms with E-state index >= 15 is 0 Å². The van der Waals surface area contributed by atoms with Crippen molar-refractivity contribution in [3.8, 4) is 0 Å². The van der Waals surface area contributed by atoms with E-state index in [1.54, 1.807) is 0 Å². The molecule has 0 rings (SSSR count). The molecule has 6 heteroatoms. The third-order valence-electron chi connectivity index (χ3n) is 13.1. The zero-order valence-corrected chi connectivity index (χ0v) is 47.4. The molecule has 6 nitrogen and oxygen atoms in total. The maximum Gasteiger partial charge on any atom is 0.306 e. The van der Waals surface area contributed by atoms with E-state index in [9.17, 15) is 14.4 Å². The number of rotatable bonds is 55. The highest BCUT2D eigenvalue weighted by atomic mass is 16.6. The maximum atomic E-state index is 12.9. The average Bonchev–Trinajstić information content (AvgIpc) is 3.38. The Hall–Kier alpha value is -3.41. The van der Waals surface area contributed by atoms with Crippen LogP contribution in [-0.2, 0) is 28.6 Å². The molecule has 0 aromatic heterocycles. The molecule has 0 radical (unpaired) electrons. The topological polar surface area (TPSA) is 78.9 Å². The summed E-state index contributed by atoms with van der Waals surface area (Å²) >= 11 is 0. The Bertz CT molecular complexity index is 1380. The van der Waals surface area contributed by atoms with E-state index in [0.717, 1.165) is 122 Å². The zero-order valence-electron chi connectivity index (χ0n) is 47.4. The zero-order chi connectivity index (χ0) is 52.2. The summed E-state index contributed by atoms with van der Waals surface area (Å²) in [5, 5.41) is 0. The first-order valence-electron chi connectivity index (χ1n) is 30.6. The third-order valence-corrected chi connectivity index (χ3v) is 13.1. The second kappa shape index (κ2) is 60.1. The molecule has 1 atom stereocenters. The first-order chi connectivity index (χ1) is 35.5. The Morgan fingerprint density at radius 1 is 0.292 bits per heavy atom. The molecule has 0 saturated carbocycles. The summed E-state index contributed by atoms with van der Waals surface area (Å²) in [5.74, 6) is -0.900. The third kappa shape index (κ3) is 57.5. The molecule has 0 amide bonds. The van der Waals surface area contributed by atoms with Gasteiger partial charge in [0.15, 0.2) is 6.10 Å². The van der Waals surface area contributed by atoms with Gasteiger partial charge in [-0.1, -0.05) is 266 Å². The van der Waals surface area contributed by atoms with Gasteiger partial charge in [-0.2, -0.15) is 0 Å². The van der Waals surface area contributed by atoms with Crippen LogP contribution in [0.5, 0.6) is 0 Å². The number of ether oxygens (including phenoxy) is 3. The lowest BCUT2D eigenvalue weighted by Crippen LogP contribution is -2.30. The Labute approximate surface area is 445 Å². The van der Waals surface area contributed by atoms with Crippen molar-refractivity contribution in [2.45, 2.75) is 303 Å². The van der Waals surface area contributed by atoms with Crippen molar-refractivity contribution in [1.82, 2.24) is 0 Å². The fraction of sp³-hybridized carbons (Fsp3) is 0.742. The fourth-order valence-corrected chi connectivity index (χ4v) is 8.56. The van der Waals surface area contributed by atoms with Crippen molar-refractivity contribution in [1.29, 1.82) is 0 Å². The van der Waals surface area contributed by atoms with Gasteiger partial charge in [0.05, 0.1) is 0 Å². The van der Waals surface area contributed by atoms with Crippen molar-refractivity contribution < 1.29 is 28.6 Å². The fourth-order valence-electron chi connectivity index (χ4n) is 8.56. The molecule has 0 aliphatic heterocycles. The molecule has 0 aliphatic rings. The summed E-state index contributed by atoms with van der Waals surface area (Å²) in [7, 11) is 0. The smallest absolute Gasteiger partial charge is 0.306 e. The van der Waals surface area contributed by atoms with Gasteiger partial charge < -0.3 is 14.2 Å². The van der Waals surface area contributed by atoms with E-state index < -0.39 is 6.10 Å². The van der Waals surface area contributed by atoms with Crippen LogP contribution in [0.25, 0.3) is 0 Å². The summed E-state index contributed by atoms with van der Waals surface area (Å²) < 4.78 is 16.9. The molecule has 0 N–H and O–H groups in total. The molecule has 0 saturated heterocycles. The molecular formula is C66H114O6. The van der Waals surface area contributed by atoms with Gasteiger partial charge in [-0.05, 0) is 96.3 Å². The Kier molecular flexibility index (Phi) is 57.3. The van der Waals surface area contributed by atoms with Crippen molar-refractivity contribution >= 4 is 17.9 Å².